The average Bonchev–Trinajstić information content (AvgIpc) is 2.60. The Morgan fingerprint density at radius 3 is 2.10 bits per heavy atom. The zero-order valence-corrected chi connectivity index (χ0v) is 18.1. The first-order chi connectivity index (χ1) is 13.4. The highest BCUT2D eigenvalue weighted by Gasteiger charge is 2.21. The van der Waals surface area contributed by atoms with Crippen molar-refractivity contribution in [3.63, 3.8) is 0 Å². The van der Waals surface area contributed by atoms with Gasteiger partial charge in [0.15, 0.2) is 6.10 Å². The van der Waals surface area contributed by atoms with Crippen molar-refractivity contribution in [3.8, 4) is 0 Å². The van der Waals surface area contributed by atoms with E-state index in [-0.39, 0.29) is 29.8 Å². The Balaban J connectivity index is 2.47. The third-order valence-electron chi connectivity index (χ3n) is 3.81. The summed E-state index contributed by atoms with van der Waals surface area (Å²) in [7, 11) is -3.76. The summed E-state index contributed by atoms with van der Waals surface area (Å²) in [4.78, 5) is 35.2. The first-order valence-corrected chi connectivity index (χ1v) is 10.8. The van der Waals surface area contributed by atoms with E-state index in [9.17, 15) is 22.8 Å². The van der Waals surface area contributed by atoms with E-state index in [4.69, 9.17) is 4.74 Å². The molecule has 1 rings (SSSR count). The second kappa shape index (κ2) is 10.9. The fourth-order valence-electron chi connectivity index (χ4n) is 2.22. The molecule has 29 heavy (non-hydrogen) atoms. The van der Waals surface area contributed by atoms with Crippen LogP contribution in [0, 0.1) is 0 Å². The summed E-state index contributed by atoms with van der Waals surface area (Å²) < 4.78 is 31.8. The number of rotatable bonds is 9. The molecule has 1 aromatic carbocycles. The number of hydrogen-bond acceptors (Lipinski definition) is 6. The number of hydrogen-bond donors (Lipinski definition) is 3. The third kappa shape index (κ3) is 8.61. The summed E-state index contributed by atoms with van der Waals surface area (Å²) in [5.41, 5.74) is 1.02. The quantitative estimate of drug-likeness (QED) is 0.514. The predicted molar refractivity (Wildman–Crippen MR) is 108 cm³/mol. The molecule has 0 radical (unpaired) electrons. The lowest BCUT2D eigenvalue weighted by atomic mass is 10.0. The van der Waals surface area contributed by atoms with Gasteiger partial charge in [0.1, 0.15) is 0 Å². The van der Waals surface area contributed by atoms with Gasteiger partial charge >= 0.3 is 12.0 Å². The molecule has 1 aromatic rings. The van der Waals surface area contributed by atoms with Gasteiger partial charge in [0, 0.05) is 12.6 Å². The average molecular weight is 428 g/mol. The zero-order valence-electron chi connectivity index (χ0n) is 17.3. The minimum Gasteiger partial charge on any atom is -0.452 e. The van der Waals surface area contributed by atoms with Crippen LogP contribution in [0.5, 0.6) is 0 Å². The van der Waals surface area contributed by atoms with Crippen molar-refractivity contribution in [2.45, 2.75) is 64.0 Å². The van der Waals surface area contributed by atoms with Gasteiger partial charge in [0.05, 0.1) is 11.3 Å². The summed E-state index contributed by atoms with van der Waals surface area (Å²) in [6, 6.07) is 5.64. The standard InChI is InChI=1S/C19H29N3O6S/c1-12(2)15-6-8-16(9-7-15)29(26,27)20-11-10-17(23)28-14(5)18(24)22-19(25)21-13(3)4/h6-9,12-14,20H,10-11H2,1-5H3,(H2,21,22,24,25)/t14-/m0/s1. The van der Waals surface area contributed by atoms with Crippen molar-refractivity contribution in [3.05, 3.63) is 29.8 Å². The van der Waals surface area contributed by atoms with Crippen molar-refractivity contribution >= 4 is 27.9 Å². The van der Waals surface area contributed by atoms with E-state index in [0.717, 1.165) is 5.56 Å². The number of carbonyl (C=O) groups excluding carboxylic acids is 3. The fraction of sp³-hybridized carbons (Fsp3) is 0.526. The van der Waals surface area contributed by atoms with E-state index in [2.05, 4.69) is 15.4 Å². The monoisotopic (exact) mass is 427 g/mol. The molecule has 0 spiro atoms. The minimum absolute atomic E-state index is 0.0965. The minimum atomic E-state index is -3.76. The molecule has 0 aliphatic carbocycles. The molecule has 10 heteroatoms. The van der Waals surface area contributed by atoms with E-state index in [1.807, 2.05) is 13.8 Å². The number of carbonyl (C=O) groups is 3. The topological polar surface area (TPSA) is 131 Å². The van der Waals surface area contributed by atoms with E-state index < -0.39 is 34.0 Å². The molecule has 0 fully saturated rings. The van der Waals surface area contributed by atoms with Crippen LogP contribution in [0.25, 0.3) is 0 Å². The lowest BCUT2D eigenvalue weighted by Crippen LogP contribution is -2.46. The van der Waals surface area contributed by atoms with Gasteiger partial charge in [-0.2, -0.15) is 0 Å². The molecule has 1 atom stereocenters. The molecule has 3 N–H and O–H groups in total. The Bertz CT molecular complexity index is 819. The smallest absolute Gasteiger partial charge is 0.321 e. The Morgan fingerprint density at radius 1 is 1.00 bits per heavy atom. The van der Waals surface area contributed by atoms with E-state index in [1.165, 1.54) is 19.1 Å². The Hall–Kier alpha value is -2.46. The highest BCUT2D eigenvalue weighted by Crippen LogP contribution is 2.17. The van der Waals surface area contributed by atoms with Crippen LogP contribution in [0.2, 0.25) is 0 Å². The SMILES string of the molecule is CC(C)NC(=O)NC(=O)[C@H](C)OC(=O)CCNS(=O)(=O)c1ccc(C(C)C)cc1. The van der Waals surface area contributed by atoms with Gasteiger partial charge in [-0.1, -0.05) is 26.0 Å². The highest BCUT2D eigenvalue weighted by atomic mass is 32.2. The highest BCUT2D eigenvalue weighted by molar-refractivity contribution is 7.89. The van der Waals surface area contributed by atoms with Crippen molar-refractivity contribution in [2.24, 2.45) is 0 Å². The number of urea groups is 1. The van der Waals surface area contributed by atoms with Crippen LogP contribution >= 0.6 is 0 Å². The third-order valence-corrected chi connectivity index (χ3v) is 5.29. The zero-order chi connectivity index (χ0) is 22.2. The maximum Gasteiger partial charge on any atom is 0.321 e. The summed E-state index contributed by atoms with van der Waals surface area (Å²) >= 11 is 0. The predicted octanol–water partition coefficient (Wildman–Crippen LogP) is 1.64. The Kier molecular flexibility index (Phi) is 9.25. The number of sulfonamides is 1. The maximum absolute atomic E-state index is 12.3. The number of nitrogens with one attached hydrogen (secondary N) is 3. The lowest BCUT2D eigenvalue weighted by Gasteiger charge is -2.14. The van der Waals surface area contributed by atoms with Crippen LogP contribution in [-0.4, -0.2) is 45.0 Å². The Morgan fingerprint density at radius 2 is 1.59 bits per heavy atom. The largest absolute Gasteiger partial charge is 0.452 e. The summed E-state index contributed by atoms with van der Waals surface area (Å²) in [6.07, 6.45) is -1.46. The second-order valence-corrected chi connectivity index (χ2v) is 8.89. The molecule has 0 aromatic heterocycles. The van der Waals surface area contributed by atoms with Gasteiger partial charge < -0.3 is 10.1 Å². The molecule has 0 aliphatic heterocycles. The fourth-order valence-corrected chi connectivity index (χ4v) is 3.26. The first kappa shape index (κ1) is 24.6. The van der Waals surface area contributed by atoms with Crippen LogP contribution in [0.4, 0.5) is 4.79 Å². The van der Waals surface area contributed by atoms with Crippen LogP contribution < -0.4 is 15.4 Å². The van der Waals surface area contributed by atoms with Crippen molar-refractivity contribution in [2.75, 3.05) is 6.54 Å². The summed E-state index contributed by atoms with van der Waals surface area (Å²) in [6.45, 7) is 8.60. The molecule has 0 saturated heterocycles. The first-order valence-electron chi connectivity index (χ1n) is 9.33. The molecule has 0 saturated carbocycles. The van der Waals surface area contributed by atoms with Crippen LogP contribution in [0.15, 0.2) is 29.2 Å². The van der Waals surface area contributed by atoms with Crippen molar-refractivity contribution in [1.29, 1.82) is 0 Å². The number of amides is 3. The molecule has 0 heterocycles. The van der Waals surface area contributed by atoms with Gasteiger partial charge in [-0.05, 0) is 44.4 Å². The molecule has 3 amide bonds. The van der Waals surface area contributed by atoms with Gasteiger partial charge in [-0.3, -0.25) is 14.9 Å². The van der Waals surface area contributed by atoms with Gasteiger partial charge in [0.25, 0.3) is 5.91 Å². The summed E-state index contributed by atoms with van der Waals surface area (Å²) in [5, 5.41) is 4.52. The van der Waals surface area contributed by atoms with Crippen molar-refractivity contribution < 1.29 is 27.5 Å². The summed E-state index contributed by atoms with van der Waals surface area (Å²) in [5.74, 6) is -1.26. The molecule has 0 aliphatic rings. The maximum atomic E-state index is 12.3. The van der Waals surface area contributed by atoms with E-state index in [0.29, 0.717) is 0 Å². The number of esters is 1. The number of benzene rings is 1. The van der Waals surface area contributed by atoms with E-state index >= 15 is 0 Å². The van der Waals surface area contributed by atoms with Gasteiger partial charge in [-0.25, -0.2) is 17.9 Å². The van der Waals surface area contributed by atoms with Crippen LogP contribution in [0.3, 0.4) is 0 Å². The lowest BCUT2D eigenvalue weighted by molar-refractivity contribution is -0.154. The number of imide groups is 1. The van der Waals surface area contributed by atoms with Crippen molar-refractivity contribution in [1.82, 2.24) is 15.4 Å². The Labute approximate surface area is 171 Å². The molecule has 0 unspecified atom stereocenters. The molecule has 162 valence electrons. The normalized spacial score (nSPS) is 12.5. The molecule has 9 nitrogen and oxygen atoms in total. The van der Waals surface area contributed by atoms with Gasteiger partial charge in [-0.15, -0.1) is 0 Å². The van der Waals surface area contributed by atoms with E-state index in [1.54, 1.807) is 26.0 Å². The molecule has 0 bridgehead atoms. The number of ether oxygens (including phenoxy) is 1. The van der Waals surface area contributed by atoms with Crippen LogP contribution in [0.1, 0.15) is 52.5 Å². The molecular weight excluding hydrogens is 398 g/mol. The second-order valence-electron chi connectivity index (χ2n) is 7.12. The van der Waals surface area contributed by atoms with Gasteiger partial charge in [0.2, 0.25) is 10.0 Å². The molecular formula is C19H29N3O6S. The van der Waals surface area contributed by atoms with Crippen LogP contribution in [-0.2, 0) is 24.3 Å².